The monoisotopic (exact) mass is 352 g/mol. The average Bonchev–Trinajstić information content (AvgIpc) is 2.42. The highest BCUT2D eigenvalue weighted by atomic mass is 35.5. The van der Waals surface area contributed by atoms with Crippen molar-refractivity contribution in [1.29, 1.82) is 0 Å². The van der Waals surface area contributed by atoms with Crippen LogP contribution in [-0.2, 0) is 9.53 Å². The number of carbonyl (C=O) groups excluding carboxylic acids is 1. The molecule has 1 atom stereocenters. The van der Waals surface area contributed by atoms with Gasteiger partial charge in [0, 0.05) is 13.2 Å². The number of rotatable bonds is 3. The summed E-state index contributed by atoms with van der Waals surface area (Å²) >= 11 is 12.1. The molecule has 0 aromatic heterocycles. The lowest BCUT2D eigenvalue weighted by molar-refractivity contribution is -0.130. The predicted octanol–water partition coefficient (Wildman–Crippen LogP) is 3.10. The maximum Gasteiger partial charge on any atom is 0.240 e. The van der Waals surface area contributed by atoms with Gasteiger partial charge in [-0.15, -0.1) is 12.4 Å². The van der Waals surface area contributed by atoms with Crippen LogP contribution in [0.1, 0.15) is 31.4 Å². The zero-order valence-electron chi connectivity index (χ0n) is 11.7. The maximum atomic E-state index is 12.3. The molecule has 1 unspecified atom stereocenters. The quantitative estimate of drug-likeness (QED) is 0.877. The predicted molar refractivity (Wildman–Crippen MR) is 87.2 cm³/mol. The second kappa shape index (κ2) is 7.65. The van der Waals surface area contributed by atoms with E-state index in [4.69, 9.17) is 33.7 Å². The highest BCUT2D eigenvalue weighted by Gasteiger charge is 2.36. The number of hydrogen-bond donors (Lipinski definition) is 2. The molecule has 0 saturated carbocycles. The normalized spacial score (nSPS) is 18.5. The number of hydrogen-bond acceptors (Lipinski definition) is 3. The first-order chi connectivity index (χ1) is 9.44. The molecule has 2 rings (SSSR count). The minimum atomic E-state index is -0.864. The third-order valence-electron chi connectivity index (χ3n) is 3.63. The fourth-order valence-corrected chi connectivity index (χ4v) is 2.71. The highest BCUT2D eigenvalue weighted by molar-refractivity contribution is 6.42. The Morgan fingerprint density at radius 2 is 2.00 bits per heavy atom. The molecular formula is C14H19Cl3N2O2. The Hall–Kier alpha value is -0.520. The molecule has 3 N–H and O–H groups in total. The zero-order valence-corrected chi connectivity index (χ0v) is 14.0. The fraction of sp³-hybridized carbons (Fsp3) is 0.500. The van der Waals surface area contributed by atoms with Crippen molar-refractivity contribution in [2.24, 2.45) is 5.73 Å². The number of nitrogens with two attached hydrogens (primary N) is 1. The number of benzene rings is 1. The molecule has 21 heavy (non-hydrogen) atoms. The van der Waals surface area contributed by atoms with Crippen LogP contribution in [0.5, 0.6) is 0 Å². The standard InChI is InChI=1S/C14H18Cl2N2O2.ClH/c1-9(10-3-2-4-11(15)12(10)16)18-13(19)14(17)5-7-20-8-6-14;/h2-4,9H,5-8,17H2,1H3,(H,18,19);1H. The maximum absolute atomic E-state index is 12.3. The van der Waals surface area contributed by atoms with E-state index < -0.39 is 5.54 Å². The largest absolute Gasteiger partial charge is 0.381 e. The van der Waals surface area contributed by atoms with E-state index in [-0.39, 0.29) is 24.4 Å². The van der Waals surface area contributed by atoms with Crippen LogP contribution in [0.3, 0.4) is 0 Å². The Bertz CT molecular complexity index is 505. The summed E-state index contributed by atoms with van der Waals surface area (Å²) in [6.45, 7) is 2.88. The van der Waals surface area contributed by atoms with Crippen molar-refractivity contribution in [2.45, 2.75) is 31.3 Å². The van der Waals surface area contributed by atoms with E-state index in [0.29, 0.717) is 36.1 Å². The van der Waals surface area contributed by atoms with Gasteiger partial charge in [0.25, 0.3) is 0 Å². The molecule has 0 spiro atoms. The number of ether oxygens (including phenoxy) is 1. The smallest absolute Gasteiger partial charge is 0.240 e. The van der Waals surface area contributed by atoms with Crippen LogP contribution in [0.4, 0.5) is 0 Å². The summed E-state index contributed by atoms with van der Waals surface area (Å²) in [7, 11) is 0. The molecule has 0 radical (unpaired) electrons. The topological polar surface area (TPSA) is 64.4 Å². The van der Waals surface area contributed by atoms with Crippen LogP contribution in [0, 0.1) is 0 Å². The summed E-state index contributed by atoms with van der Waals surface area (Å²) < 4.78 is 5.24. The van der Waals surface area contributed by atoms with Crippen LogP contribution in [0.25, 0.3) is 0 Å². The summed E-state index contributed by atoms with van der Waals surface area (Å²) in [5.41, 5.74) is 6.06. The van der Waals surface area contributed by atoms with Gasteiger partial charge in [-0.25, -0.2) is 0 Å². The van der Waals surface area contributed by atoms with Crippen LogP contribution >= 0.6 is 35.6 Å². The van der Waals surface area contributed by atoms with E-state index in [1.54, 1.807) is 12.1 Å². The highest BCUT2D eigenvalue weighted by Crippen LogP contribution is 2.30. The number of carbonyl (C=O) groups is 1. The number of amides is 1. The van der Waals surface area contributed by atoms with Crippen molar-refractivity contribution in [3.8, 4) is 0 Å². The summed E-state index contributed by atoms with van der Waals surface area (Å²) in [6.07, 6.45) is 1.05. The van der Waals surface area contributed by atoms with Gasteiger partial charge in [-0.05, 0) is 31.4 Å². The van der Waals surface area contributed by atoms with Gasteiger partial charge in [0.15, 0.2) is 0 Å². The Balaban J connectivity index is 0.00000220. The fourth-order valence-electron chi connectivity index (χ4n) is 2.24. The molecule has 1 saturated heterocycles. The van der Waals surface area contributed by atoms with Gasteiger partial charge in [-0.1, -0.05) is 35.3 Å². The van der Waals surface area contributed by atoms with Gasteiger partial charge in [0.1, 0.15) is 0 Å². The lowest BCUT2D eigenvalue weighted by atomic mass is 9.90. The second-order valence-electron chi connectivity index (χ2n) is 5.11. The third-order valence-corrected chi connectivity index (χ3v) is 4.47. The third kappa shape index (κ3) is 4.24. The van der Waals surface area contributed by atoms with Gasteiger partial charge < -0.3 is 15.8 Å². The Morgan fingerprint density at radius 3 is 2.62 bits per heavy atom. The zero-order chi connectivity index (χ0) is 14.8. The average molecular weight is 354 g/mol. The number of halogens is 3. The van der Waals surface area contributed by atoms with Crippen molar-refractivity contribution >= 4 is 41.5 Å². The second-order valence-corrected chi connectivity index (χ2v) is 5.89. The molecule has 118 valence electrons. The molecule has 4 nitrogen and oxygen atoms in total. The molecule has 1 fully saturated rings. The molecule has 1 aromatic carbocycles. The van der Waals surface area contributed by atoms with E-state index in [9.17, 15) is 4.79 Å². The van der Waals surface area contributed by atoms with E-state index >= 15 is 0 Å². The first-order valence-electron chi connectivity index (χ1n) is 6.55. The van der Waals surface area contributed by atoms with Crippen molar-refractivity contribution in [1.82, 2.24) is 5.32 Å². The van der Waals surface area contributed by atoms with Gasteiger partial charge in [0.05, 0.1) is 21.6 Å². The van der Waals surface area contributed by atoms with Crippen molar-refractivity contribution < 1.29 is 9.53 Å². The van der Waals surface area contributed by atoms with Crippen LogP contribution in [0.2, 0.25) is 10.0 Å². The van der Waals surface area contributed by atoms with Gasteiger partial charge in [-0.3, -0.25) is 4.79 Å². The van der Waals surface area contributed by atoms with Gasteiger partial charge in [0.2, 0.25) is 5.91 Å². The lowest BCUT2D eigenvalue weighted by Gasteiger charge is -2.33. The van der Waals surface area contributed by atoms with Crippen LogP contribution < -0.4 is 11.1 Å². The van der Waals surface area contributed by atoms with Gasteiger partial charge >= 0.3 is 0 Å². The molecule has 7 heteroatoms. The summed E-state index contributed by atoms with van der Waals surface area (Å²) in [6, 6.07) is 5.10. The van der Waals surface area contributed by atoms with Crippen molar-refractivity contribution in [3.05, 3.63) is 33.8 Å². The van der Waals surface area contributed by atoms with E-state index in [2.05, 4.69) is 5.32 Å². The summed E-state index contributed by atoms with van der Waals surface area (Å²) in [4.78, 5) is 12.3. The minimum absolute atomic E-state index is 0. The minimum Gasteiger partial charge on any atom is -0.381 e. The SMILES string of the molecule is CC(NC(=O)C1(N)CCOCC1)c1cccc(Cl)c1Cl.Cl. The summed E-state index contributed by atoms with van der Waals surface area (Å²) in [5.74, 6) is -0.177. The Kier molecular flexibility index (Phi) is 6.75. The molecule has 1 heterocycles. The molecule has 1 aromatic rings. The molecular weight excluding hydrogens is 335 g/mol. The van der Waals surface area contributed by atoms with E-state index in [1.807, 2.05) is 13.0 Å². The first-order valence-corrected chi connectivity index (χ1v) is 7.31. The Labute approximate surface area is 140 Å². The number of nitrogens with one attached hydrogen (secondary N) is 1. The summed E-state index contributed by atoms with van der Waals surface area (Å²) in [5, 5.41) is 3.84. The van der Waals surface area contributed by atoms with Crippen LogP contribution in [0.15, 0.2) is 18.2 Å². The first kappa shape index (κ1) is 18.5. The van der Waals surface area contributed by atoms with Crippen molar-refractivity contribution in [3.63, 3.8) is 0 Å². The van der Waals surface area contributed by atoms with E-state index in [0.717, 1.165) is 5.56 Å². The van der Waals surface area contributed by atoms with Crippen LogP contribution in [-0.4, -0.2) is 24.7 Å². The molecule has 1 amide bonds. The van der Waals surface area contributed by atoms with E-state index in [1.165, 1.54) is 0 Å². The van der Waals surface area contributed by atoms with Gasteiger partial charge in [-0.2, -0.15) is 0 Å². The molecule has 1 aliphatic rings. The molecule has 0 aliphatic carbocycles. The molecule has 1 aliphatic heterocycles. The lowest BCUT2D eigenvalue weighted by Crippen LogP contribution is -2.57. The Morgan fingerprint density at radius 1 is 1.38 bits per heavy atom. The molecule has 0 bridgehead atoms. The van der Waals surface area contributed by atoms with Crippen molar-refractivity contribution in [2.75, 3.05) is 13.2 Å².